The quantitative estimate of drug-likeness (QED) is 0.368. The van der Waals surface area contributed by atoms with E-state index in [0.717, 1.165) is 6.08 Å². The number of carbonyl (C=O) groups excluding carboxylic acids is 1. The van der Waals surface area contributed by atoms with Gasteiger partial charge in [0.25, 0.3) is 0 Å². The third kappa shape index (κ3) is 5.16. The molecule has 82 valence electrons. The molecule has 0 unspecified atom stereocenters. The number of esters is 1. The molecule has 0 aromatic carbocycles. The van der Waals surface area contributed by atoms with Gasteiger partial charge in [-0.05, 0) is 20.4 Å². The van der Waals surface area contributed by atoms with Gasteiger partial charge in [-0.15, -0.1) is 0 Å². The molecule has 0 saturated heterocycles. The van der Waals surface area contributed by atoms with E-state index in [1.165, 1.54) is 0 Å². The number of rotatable bonds is 7. The molecule has 0 heterocycles. The van der Waals surface area contributed by atoms with E-state index >= 15 is 0 Å². The van der Waals surface area contributed by atoms with Crippen LogP contribution < -0.4 is 0 Å². The molecule has 0 spiro atoms. The van der Waals surface area contributed by atoms with Crippen LogP contribution in [-0.4, -0.2) is 34.0 Å². The maximum atomic E-state index is 10.8. The fourth-order valence-corrected chi connectivity index (χ4v) is 2.87. The number of carbonyl (C=O) groups is 1. The van der Waals surface area contributed by atoms with Crippen LogP contribution in [0.15, 0.2) is 12.7 Å². The molecular formula is C9H18O4Si. The Morgan fingerprint density at radius 2 is 1.86 bits per heavy atom. The largest absolute Gasteiger partial charge is 0.461 e. The first-order chi connectivity index (χ1) is 6.58. The van der Waals surface area contributed by atoms with Gasteiger partial charge in [0.1, 0.15) is 6.23 Å². The normalized spacial score (nSPS) is 11.1. The van der Waals surface area contributed by atoms with Crippen LogP contribution in [0, 0.1) is 0 Å². The van der Waals surface area contributed by atoms with Gasteiger partial charge in [-0.2, -0.15) is 0 Å². The zero-order valence-corrected chi connectivity index (χ0v) is 10.0. The zero-order chi connectivity index (χ0) is 11.0. The molecule has 0 amide bonds. The molecule has 14 heavy (non-hydrogen) atoms. The Balaban J connectivity index is 4.07. The standard InChI is InChI=1S/C9H18O4Si/c1-5-9(10)11-8-14(4,12-6-2)13-7-3/h5H,1,6-8H2,2-4H3. The molecular weight excluding hydrogens is 200 g/mol. The van der Waals surface area contributed by atoms with E-state index in [0.29, 0.717) is 13.2 Å². The average molecular weight is 218 g/mol. The van der Waals surface area contributed by atoms with E-state index in [4.69, 9.17) is 13.6 Å². The van der Waals surface area contributed by atoms with Crippen molar-refractivity contribution in [3.05, 3.63) is 12.7 Å². The highest BCUT2D eigenvalue weighted by molar-refractivity contribution is 6.66. The van der Waals surface area contributed by atoms with Gasteiger partial charge in [0, 0.05) is 19.3 Å². The lowest BCUT2D eigenvalue weighted by molar-refractivity contribution is -0.136. The molecule has 0 aromatic heterocycles. The summed E-state index contributed by atoms with van der Waals surface area (Å²) >= 11 is 0. The lowest BCUT2D eigenvalue weighted by Gasteiger charge is -2.24. The average Bonchev–Trinajstić information content (AvgIpc) is 2.15. The summed E-state index contributed by atoms with van der Waals surface area (Å²) in [6, 6.07) is 0. The summed E-state index contributed by atoms with van der Waals surface area (Å²) in [6.45, 7) is 10.1. The van der Waals surface area contributed by atoms with Gasteiger partial charge < -0.3 is 13.6 Å². The summed E-state index contributed by atoms with van der Waals surface area (Å²) in [6.07, 6.45) is 1.34. The molecule has 0 N–H and O–H groups in total. The Morgan fingerprint density at radius 1 is 1.36 bits per heavy atom. The van der Waals surface area contributed by atoms with E-state index in [2.05, 4.69) is 6.58 Å². The van der Waals surface area contributed by atoms with E-state index in [1.54, 1.807) is 0 Å². The van der Waals surface area contributed by atoms with Crippen molar-refractivity contribution >= 4 is 14.5 Å². The van der Waals surface area contributed by atoms with E-state index in [1.807, 2.05) is 20.4 Å². The van der Waals surface area contributed by atoms with Gasteiger partial charge in [-0.25, -0.2) is 4.79 Å². The van der Waals surface area contributed by atoms with Crippen molar-refractivity contribution in [3.63, 3.8) is 0 Å². The fourth-order valence-electron chi connectivity index (χ4n) is 0.997. The van der Waals surface area contributed by atoms with Crippen LogP contribution in [0.5, 0.6) is 0 Å². The first kappa shape index (κ1) is 13.3. The van der Waals surface area contributed by atoms with E-state index in [-0.39, 0.29) is 6.23 Å². The van der Waals surface area contributed by atoms with Gasteiger partial charge >= 0.3 is 14.5 Å². The Hall–Kier alpha value is -0.653. The second kappa shape index (κ2) is 6.75. The Bertz CT molecular complexity index is 187. The van der Waals surface area contributed by atoms with Crippen LogP contribution in [0.1, 0.15) is 13.8 Å². The highest BCUT2D eigenvalue weighted by Gasteiger charge is 2.32. The molecule has 0 aromatic rings. The summed E-state index contributed by atoms with van der Waals surface area (Å²) in [7, 11) is -2.32. The highest BCUT2D eigenvalue weighted by Crippen LogP contribution is 2.07. The minimum atomic E-state index is -2.32. The monoisotopic (exact) mass is 218 g/mol. The van der Waals surface area contributed by atoms with Gasteiger partial charge in [0.15, 0.2) is 0 Å². The van der Waals surface area contributed by atoms with Gasteiger partial charge in [-0.3, -0.25) is 0 Å². The lowest BCUT2D eigenvalue weighted by atomic mass is 10.7. The molecule has 0 saturated carbocycles. The van der Waals surface area contributed by atoms with Crippen molar-refractivity contribution in [3.8, 4) is 0 Å². The van der Waals surface area contributed by atoms with Gasteiger partial charge in [0.2, 0.25) is 0 Å². The maximum absolute atomic E-state index is 10.8. The number of hydrogen-bond donors (Lipinski definition) is 0. The van der Waals surface area contributed by atoms with Crippen molar-refractivity contribution in [2.75, 3.05) is 19.4 Å². The SMILES string of the molecule is C=CC(=O)OC[Si](C)(OCC)OCC. The summed E-state index contributed by atoms with van der Waals surface area (Å²) < 4.78 is 15.9. The van der Waals surface area contributed by atoms with Gasteiger partial charge in [0.05, 0.1) is 0 Å². The molecule has 0 aliphatic rings. The van der Waals surface area contributed by atoms with Crippen molar-refractivity contribution in [1.29, 1.82) is 0 Å². The molecule has 5 heteroatoms. The topological polar surface area (TPSA) is 44.8 Å². The Kier molecular flexibility index (Phi) is 6.43. The van der Waals surface area contributed by atoms with E-state index < -0.39 is 14.5 Å². The molecule has 4 nitrogen and oxygen atoms in total. The lowest BCUT2D eigenvalue weighted by Crippen LogP contribution is -2.44. The predicted molar refractivity (Wildman–Crippen MR) is 56.0 cm³/mol. The Morgan fingerprint density at radius 3 is 2.21 bits per heavy atom. The van der Waals surface area contributed by atoms with E-state index in [9.17, 15) is 4.79 Å². The van der Waals surface area contributed by atoms with Crippen molar-refractivity contribution in [2.24, 2.45) is 0 Å². The first-order valence-electron chi connectivity index (χ1n) is 4.65. The smallest absolute Gasteiger partial charge is 0.374 e. The molecule has 0 radical (unpaired) electrons. The molecule has 0 aliphatic heterocycles. The van der Waals surface area contributed by atoms with Crippen molar-refractivity contribution in [1.82, 2.24) is 0 Å². The second-order valence-corrected chi connectivity index (χ2v) is 5.95. The van der Waals surface area contributed by atoms with Crippen LogP contribution in [0.2, 0.25) is 6.55 Å². The Labute approximate surface area is 86.1 Å². The summed E-state index contributed by atoms with van der Waals surface area (Å²) in [4.78, 5) is 10.8. The second-order valence-electron chi connectivity index (χ2n) is 2.81. The van der Waals surface area contributed by atoms with Crippen LogP contribution >= 0.6 is 0 Å². The van der Waals surface area contributed by atoms with Crippen LogP contribution in [0.25, 0.3) is 0 Å². The van der Waals surface area contributed by atoms with Crippen LogP contribution in [-0.2, 0) is 18.4 Å². The highest BCUT2D eigenvalue weighted by atomic mass is 28.4. The molecule has 0 atom stereocenters. The molecule has 0 aliphatic carbocycles. The van der Waals surface area contributed by atoms with Gasteiger partial charge in [-0.1, -0.05) is 6.58 Å². The van der Waals surface area contributed by atoms with Crippen LogP contribution in [0.4, 0.5) is 0 Å². The summed E-state index contributed by atoms with van der Waals surface area (Å²) in [5, 5.41) is 0. The third-order valence-corrected chi connectivity index (χ3v) is 4.01. The predicted octanol–water partition coefficient (Wildman–Crippen LogP) is 1.40. The number of hydrogen-bond acceptors (Lipinski definition) is 4. The fraction of sp³-hybridized carbons (Fsp3) is 0.667. The summed E-state index contributed by atoms with van der Waals surface area (Å²) in [5.74, 6) is -0.442. The zero-order valence-electron chi connectivity index (χ0n) is 9.04. The third-order valence-electron chi connectivity index (χ3n) is 1.54. The molecule has 0 rings (SSSR count). The molecule has 0 fully saturated rings. The summed E-state index contributed by atoms with van der Waals surface area (Å²) in [5.41, 5.74) is 0. The maximum Gasteiger partial charge on any atom is 0.374 e. The first-order valence-corrected chi connectivity index (χ1v) is 7.17. The number of ether oxygens (including phenoxy) is 1. The minimum Gasteiger partial charge on any atom is -0.461 e. The van der Waals surface area contributed by atoms with Crippen LogP contribution in [0.3, 0.4) is 0 Å². The molecule has 0 bridgehead atoms. The minimum absolute atomic E-state index is 0.208. The van der Waals surface area contributed by atoms with Crippen molar-refractivity contribution < 1.29 is 18.4 Å². The van der Waals surface area contributed by atoms with Crippen molar-refractivity contribution in [2.45, 2.75) is 20.4 Å².